The molecule has 0 bridgehead atoms. The number of aliphatic hydroxyl groups is 3. The molecule has 1 aromatic carbocycles. The Kier molecular flexibility index (Phi) is 9.16. The molecule has 0 spiro atoms. The number of allylic oxidation sites excluding steroid dienone is 1. The second kappa shape index (κ2) is 12.8. The molecule has 1 aliphatic heterocycles. The van der Waals surface area contributed by atoms with Crippen molar-refractivity contribution in [3.8, 4) is 5.75 Å². The molecule has 0 radical (unpaired) electrons. The predicted molar refractivity (Wildman–Crippen MR) is 159 cm³/mol. The lowest BCUT2D eigenvalue weighted by atomic mass is 9.68. The van der Waals surface area contributed by atoms with Crippen LogP contribution >= 0.6 is 27.3 Å². The number of fused-ring (bicyclic) bond motifs is 1. The van der Waals surface area contributed by atoms with Gasteiger partial charge in [0.1, 0.15) is 5.75 Å². The summed E-state index contributed by atoms with van der Waals surface area (Å²) >= 11 is 4.89. The Morgan fingerprint density at radius 3 is 2.66 bits per heavy atom. The van der Waals surface area contributed by atoms with E-state index in [0.717, 1.165) is 14.9 Å². The van der Waals surface area contributed by atoms with Gasteiger partial charge in [-0.15, -0.1) is 11.3 Å². The van der Waals surface area contributed by atoms with Crippen molar-refractivity contribution in [1.82, 2.24) is 9.88 Å². The van der Waals surface area contributed by atoms with Crippen LogP contribution in [-0.2, 0) is 16.1 Å². The topological polar surface area (TPSA) is 131 Å². The van der Waals surface area contributed by atoms with Crippen molar-refractivity contribution in [1.29, 1.82) is 0 Å². The second-order valence-electron chi connectivity index (χ2n) is 10.3. The number of rotatable bonds is 10. The van der Waals surface area contributed by atoms with Crippen molar-refractivity contribution in [2.24, 2.45) is 17.8 Å². The van der Waals surface area contributed by atoms with Gasteiger partial charge in [0.05, 0.1) is 43.4 Å². The number of amides is 2. The van der Waals surface area contributed by atoms with Crippen LogP contribution in [-0.4, -0.2) is 61.4 Å². The molecule has 0 saturated carbocycles. The number of aromatic nitrogens is 1. The largest absolute Gasteiger partial charge is 0.507 e. The van der Waals surface area contributed by atoms with Crippen LogP contribution in [0.1, 0.15) is 35.4 Å². The minimum absolute atomic E-state index is 0.0997. The third-order valence-electron chi connectivity index (χ3n) is 7.92. The van der Waals surface area contributed by atoms with E-state index in [1.54, 1.807) is 30.5 Å². The summed E-state index contributed by atoms with van der Waals surface area (Å²) < 4.78 is 0.797. The lowest BCUT2D eigenvalue weighted by Gasteiger charge is -2.36. The Morgan fingerprint density at radius 2 is 1.98 bits per heavy atom. The average Bonchev–Trinajstić information content (AvgIpc) is 3.59. The molecule has 4 N–H and O–H groups in total. The molecule has 1 saturated heterocycles. The first kappa shape index (κ1) is 29.3. The molecule has 1 aliphatic carbocycles. The van der Waals surface area contributed by atoms with Crippen molar-refractivity contribution in [3.05, 3.63) is 91.9 Å². The SMILES string of the molecule is O=C1[C@@H]2[C@@H](CC(CO)=C([C@H](O)CC/C(=C/c3cc(Br)ccc3O)c3ccccn3)[C@@H]2CO)C(=O)N1Cc1cccs1. The highest BCUT2D eigenvalue weighted by Gasteiger charge is 2.54. The van der Waals surface area contributed by atoms with Gasteiger partial charge in [0.2, 0.25) is 11.8 Å². The van der Waals surface area contributed by atoms with Gasteiger partial charge in [0.15, 0.2) is 0 Å². The zero-order valence-electron chi connectivity index (χ0n) is 22.2. The lowest BCUT2D eigenvalue weighted by molar-refractivity contribution is -0.140. The van der Waals surface area contributed by atoms with E-state index < -0.39 is 30.5 Å². The Hall–Kier alpha value is -3.15. The first-order chi connectivity index (χ1) is 19.8. The highest BCUT2D eigenvalue weighted by Crippen LogP contribution is 2.46. The Morgan fingerprint density at radius 1 is 1.15 bits per heavy atom. The van der Waals surface area contributed by atoms with E-state index in [4.69, 9.17) is 0 Å². The fourth-order valence-corrected chi connectivity index (χ4v) is 7.06. The Balaban J connectivity index is 1.41. The summed E-state index contributed by atoms with van der Waals surface area (Å²) in [4.78, 5) is 33.4. The third-order valence-corrected chi connectivity index (χ3v) is 9.27. The number of hydrogen-bond acceptors (Lipinski definition) is 8. The number of likely N-dealkylation sites (tertiary alicyclic amines) is 1. The van der Waals surface area contributed by atoms with Crippen molar-refractivity contribution >= 4 is 50.7 Å². The summed E-state index contributed by atoms with van der Waals surface area (Å²) in [6, 6.07) is 14.3. The number of pyridine rings is 1. The number of imide groups is 1. The molecule has 5 rings (SSSR count). The van der Waals surface area contributed by atoms with E-state index >= 15 is 0 Å². The average molecular weight is 640 g/mol. The molecule has 8 nitrogen and oxygen atoms in total. The molecular formula is C31H31BrN2O6S. The van der Waals surface area contributed by atoms with E-state index in [1.165, 1.54) is 16.2 Å². The van der Waals surface area contributed by atoms with Crippen LogP contribution in [0, 0.1) is 17.8 Å². The van der Waals surface area contributed by atoms with Crippen molar-refractivity contribution < 1.29 is 30.0 Å². The van der Waals surface area contributed by atoms with Crippen LogP contribution < -0.4 is 0 Å². The van der Waals surface area contributed by atoms with E-state index in [2.05, 4.69) is 20.9 Å². The fraction of sp³-hybridized carbons (Fsp3) is 0.323. The first-order valence-electron chi connectivity index (χ1n) is 13.4. The standard InChI is InChI=1S/C31H31BrN2O6S/c32-21-7-9-26(37)19(13-21)12-18(25-5-1-2-10-33-25)6-8-27(38)28-20(16-35)14-23-29(24(28)17-36)31(40)34(30(23)39)15-22-4-3-11-41-22/h1-5,7,9-13,23-24,27,29,35-38H,6,8,14-17H2/b18-12-/t23-,24+,27-,29-/m1/s1. The maximum Gasteiger partial charge on any atom is 0.234 e. The van der Waals surface area contributed by atoms with E-state index in [1.807, 2.05) is 35.7 Å². The summed E-state index contributed by atoms with van der Waals surface area (Å²) in [6.45, 7) is -0.640. The first-order valence-corrected chi connectivity index (χ1v) is 15.1. The van der Waals surface area contributed by atoms with Gasteiger partial charge >= 0.3 is 0 Å². The van der Waals surface area contributed by atoms with Crippen LogP contribution in [0.4, 0.5) is 0 Å². The van der Waals surface area contributed by atoms with Crippen LogP contribution in [0.15, 0.2) is 75.7 Å². The number of halogens is 1. The predicted octanol–water partition coefficient (Wildman–Crippen LogP) is 4.40. The number of aliphatic hydroxyl groups excluding tert-OH is 3. The minimum Gasteiger partial charge on any atom is -0.507 e. The molecule has 4 atom stereocenters. The fourth-order valence-electron chi connectivity index (χ4n) is 5.99. The molecule has 3 heterocycles. The maximum atomic E-state index is 13.5. The molecule has 2 aliphatic rings. The number of benzene rings is 1. The van der Waals surface area contributed by atoms with Gasteiger partial charge in [-0.2, -0.15) is 0 Å². The second-order valence-corrected chi connectivity index (χ2v) is 12.3. The number of phenolic OH excluding ortho intramolecular Hbond substituents is 1. The van der Waals surface area contributed by atoms with Crippen molar-refractivity contribution in [3.63, 3.8) is 0 Å². The summed E-state index contributed by atoms with van der Waals surface area (Å²) in [7, 11) is 0. The van der Waals surface area contributed by atoms with Gasteiger partial charge in [-0.25, -0.2) is 0 Å². The molecule has 3 aromatic rings. The van der Waals surface area contributed by atoms with Gasteiger partial charge < -0.3 is 20.4 Å². The third kappa shape index (κ3) is 6.07. The maximum absolute atomic E-state index is 13.5. The number of carbonyl (C=O) groups is 2. The normalized spacial score (nSPS) is 21.9. The van der Waals surface area contributed by atoms with Gasteiger partial charge in [-0.05, 0) is 83.8 Å². The monoisotopic (exact) mass is 638 g/mol. The molecule has 0 unspecified atom stereocenters. The highest BCUT2D eigenvalue weighted by molar-refractivity contribution is 9.10. The molecule has 1 fully saturated rings. The summed E-state index contributed by atoms with van der Waals surface area (Å²) in [5, 5.41) is 44.5. The Bertz CT molecular complexity index is 1470. The Labute approximate surface area is 250 Å². The number of hydrogen-bond donors (Lipinski definition) is 4. The van der Waals surface area contributed by atoms with Crippen molar-refractivity contribution in [2.45, 2.75) is 31.9 Å². The van der Waals surface area contributed by atoms with Gasteiger partial charge in [-0.3, -0.25) is 19.5 Å². The summed E-state index contributed by atoms with van der Waals surface area (Å²) in [5.41, 5.74) is 2.96. The number of carbonyl (C=O) groups excluding carboxylic acids is 2. The molecule has 2 aromatic heterocycles. The van der Waals surface area contributed by atoms with Crippen LogP contribution in [0.2, 0.25) is 0 Å². The number of thiophene rings is 1. The van der Waals surface area contributed by atoms with E-state index in [-0.39, 0.29) is 43.6 Å². The van der Waals surface area contributed by atoms with E-state index in [9.17, 15) is 30.0 Å². The number of nitrogens with zero attached hydrogens (tertiary/aromatic N) is 2. The summed E-state index contributed by atoms with van der Waals surface area (Å²) in [6.07, 6.45) is 3.14. The molecular weight excluding hydrogens is 608 g/mol. The van der Waals surface area contributed by atoms with Crippen LogP contribution in [0.5, 0.6) is 5.75 Å². The summed E-state index contributed by atoms with van der Waals surface area (Å²) in [5.74, 6) is -2.82. The van der Waals surface area contributed by atoms with Crippen LogP contribution in [0.25, 0.3) is 11.6 Å². The highest BCUT2D eigenvalue weighted by atomic mass is 79.9. The lowest BCUT2D eigenvalue weighted by Crippen LogP contribution is -2.39. The molecule has 2 amide bonds. The van der Waals surface area contributed by atoms with Crippen LogP contribution in [0.3, 0.4) is 0 Å². The molecule has 41 heavy (non-hydrogen) atoms. The van der Waals surface area contributed by atoms with Gasteiger partial charge in [-0.1, -0.05) is 28.1 Å². The zero-order chi connectivity index (χ0) is 29.1. The number of phenols is 1. The van der Waals surface area contributed by atoms with Gasteiger partial charge in [0.25, 0.3) is 0 Å². The molecule has 10 heteroatoms. The van der Waals surface area contributed by atoms with Gasteiger partial charge in [0, 0.05) is 27.0 Å². The number of aromatic hydroxyl groups is 1. The molecule has 214 valence electrons. The smallest absolute Gasteiger partial charge is 0.234 e. The van der Waals surface area contributed by atoms with Crippen molar-refractivity contribution in [2.75, 3.05) is 13.2 Å². The zero-order valence-corrected chi connectivity index (χ0v) is 24.6. The quantitative estimate of drug-likeness (QED) is 0.191. The minimum atomic E-state index is -1.08. The van der Waals surface area contributed by atoms with E-state index in [0.29, 0.717) is 28.8 Å².